The van der Waals surface area contributed by atoms with Crippen molar-refractivity contribution in [3.63, 3.8) is 0 Å². The van der Waals surface area contributed by atoms with Gasteiger partial charge >= 0.3 is 6.03 Å². The summed E-state index contributed by atoms with van der Waals surface area (Å²) in [5, 5.41) is 7.10. The molecule has 0 aromatic carbocycles. The van der Waals surface area contributed by atoms with E-state index in [1.807, 2.05) is 12.3 Å². The molecule has 6 nitrogen and oxygen atoms in total. The predicted molar refractivity (Wildman–Crippen MR) is 88.6 cm³/mol. The maximum Gasteiger partial charge on any atom is 0.317 e. The maximum atomic E-state index is 12.3. The second-order valence-corrected chi connectivity index (χ2v) is 8.45. The van der Waals surface area contributed by atoms with Gasteiger partial charge in [0.15, 0.2) is 0 Å². The van der Waals surface area contributed by atoms with Crippen LogP contribution in [-0.2, 0) is 16.4 Å². The first-order valence-electron chi connectivity index (χ1n) is 7.38. The molecule has 1 unspecified atom stereocenters. The molecule has 1 aliphatic heterocycles. The van der Waals surface area contributed by atoms with E-state index in [2.05, 4.69) is 16.8 Å². The SMILES string of the molecule is CC(Cc1ccsc1)NC(=O)N1CCCN(S(C)(=O)=O)CC1. The van der Waals surface area contributed by atoms with Crippen molar-refractivity contribution < 1.29 is 13.2 Å². The molecule has 0 spiro atoms. The standard InChI is InChI=1S/C14H23N3O3S2/c1-12(10-13-4-9-21-11-13)15-14(18)16-5-3-6-17(8-7-16)22(2,19)20/h4,9,11-12H,3,5-8,10H2,1-2H3,(H,15,18). The molecule has 8 heteroatoms. The Labute approximate surface area is 136 Å². The van der Waals surface area contributed by atoms with Gasteiger partial charge in [-0.15, -0.1) is 0 Å². The maximum absolute atomic E-state index is 12.3. The summed E-state index contributed by atoms with van der Waals surface area (Å²) < 4.78 is 24.6. The van der Waals surface area contributed by atoms with Crippen molar-refractivity contribution >= 4 is 27.4 Å². The molecule has 1 N–H and O–H groups in total. The highest BCUT2D eigenvalue weighted by Crippen LogP contribution is 2.10. The second-order valence-electron chi connectivity index (χ2n) is 5.69. The van der Waals surface area contributed by atoms with Crippen molar-refractivity contribution in [2.24, 2.45) is 0 Å². The van der Waals surface area contributed by atoms with Gasteiger partial charge in [-0.1, -0.05) is 0 Å². The van der Waals surface area contributed by atoms with Crippen molar-refractivity contribution in [2.45, 2.75) is 25.8 Å². The molecule has 1 aliphatic rings. The Morgan fingerprint density at radius 1 is 1.36 bits per heavy atom. The van der Waals surface area contributed by atoms with E-state index < -0.39 is 10.0 Å². The van der Waals surface area contributed by atoms with Crippen LogP contribution in [0.3, 0.4) is 0 Å². The fraction of sp³-hybridized carbons (Fsp3) is 0.643. The highest BCUT2D eigenvalue weighted by atomic mass is 32.2. The van der Waals surface area contributed by atoms with Crippen LogP contribution in [-0.4, -0.2) is 62.1 Å². The minimum atomic E-state index is -3.18. The van der Waals surface area contributed by atoms with Crippen LogP contribution in [0.25, 0.3) is 0 Å². The van der Waals surface area contributed by atoms with Gasteiger partial charge in [-0.2, -0.15) is 11.3 Å². The van der Waals surface area contributed by atoms with Crippen molar-refractivity contribution in [3.8, 4) is 0 Å². The Morgan fingerprint density at radius 2 is 2.14 bits per heavy atom. The van der Waals surface area contributed by atoms with Gasteiger partial charge in [0.25, 0.3) is 0 Å². The fourth-order valence-corrected chi connectivity index (χ4v) is 4.10. The molecule has 0 saturated carbocycles. The quantitative estimate of drug-likeness (QED) is 0.896. The summed E-state index contributed by atoms with van der Waals surface area (Å²) in [6.45, 7) is 3.85. The average Bonchev–Trinajstić information content (AvgIpc) is 2.77. The molecule has 1 aromatic heterocycles. The van der Waals surface area contributed by atoms with E-state index in [0.29, 0.717) is 32.6 Å². The van der Waals surface area contributed by atoms with E-state index in [1.165, 1.54) is 16.1 Å². The normalized spacial score (nSPS) is 18.7. The molecule has 0 bridgehead atoms. The van der Waals surface area contributed by atoms with Crippen LogP contribution < -0.4 is 5.32 Å². The average molecular weight is 345 g/mol. The summed E-state index contributed by atoms with van der Waals surface area (Å²) in [6.07, 6.45) is 2.68. The summed E-state index contributed by atoms with van der Waals surface area (Å²) in [5.41, 5.74) is 1.22. The molecule has 1 fully saturated rings. The van der Waals surface area contributed by atoms with Crippen LogP contribution in [0.2, 0.25) is 0 Å². The molecule has 2 heterocycles. The summed E-state index contributed by atoms with van der Waals surface area (Å²) in [4.78, 5) is 14.0. The Morgan fingerprint density at radius 3 is 2.77 bits per heavy atom. The number of thiophene rings is 1. The summed E-state index contributed by atoms with van der Waals surface area (Å²) in [7, 11) is -3.18. The summed E-state index contributed by atoms with van der Waals surface area (Å²) in [5.74, 6) is 0. The van der Waals surface area contributed by atoms with Crippen LogP contribution >= 0.6 is 11.3 Å². The Balaban J connectivity index is 1.84. The zero-order valence-electron chi connectivity index (χ0n) is 13.0. The molecule has 2 amide bonds. The number of rotatable bonds is 4. The Kier molecular flexibility index (Phi) is 5.82. The first-order chi connectivity index (χ1) is 10.4. The van der Waals surface area contributed by atoms with Gasteiger partial charge in [0.05, 0.1) is 6.26 Å². The van der Waals surface area contributed by atoms with Gasteiger partial charge in [-0.3, -0.25) is 0 Å². The lowest BCUT2D eigenvalue weighted by molar-refractivity contribution is 0.197. The molecule has 1 saturated heterocycles. The van der Waals surface area contributed by atoms with Gasteiger partial charge < -0.3 is 10.2 Å². The van der Waals surface area contributed by atoms with Crippen molar-refractivity contribution in [1.29, 1.82) is 0 Å². The number of urea groups is 1. The van der Waals surface area contributed by atoms with Gasteiger partial charge in [0, 0.05) is 32.2 Å². The van der Waals surface area contributed by atoms with Crippen molar-refractivity contribution in [2.75, 3.05) is 32.4 Å². The molecule has 1 atom stereocenters. The third kappa shape index (κ3) is 4.96. The third-order valence-electron chi connectivity index (χ3n) is 3.70. The van der Waals surface area contributed by atoms with Gasteiger partial charge in [-0.05, 0) is 42.2 Å². The number of sulfonamides is 1. The van der Waals surface area contributed by atoms with Crippen LogP contribution in [0, 0.1) is 0 Å². The zero-order valence-corrected chi connectivity index (χ0v) is 14.6. The van der Waals surface area contributed by atoms with Crippen molar-refractivity contribution in [1.82, 2.24) is 14.5 Å². The van der Waals surface area contributed by atoms with E-state index in [0.717, 1.165) is 6.42 Å². The lowest BCUT2D eigenvalue weighted by Gasteiger charge is -2.24. The number of amides is 2. The Hall–Kier alpha value is -1.12. The highest BCUT2D eigenvalue weighted by Gasteiger charge is 2.24. The molecule has 22 heavy (non-hydrogen) atoms. The van der Waals surface area contributed by atoms with E-state index in [-0.39, 0.29) is 12.1 Å². The number of nitrogens with zero attached hydrogens (tertiary/aromatic N) is 2. The molecule has 0 radical (unpaired) electrons. The topological polar surface area (TPSA) is 69.7 Å². The molecule has 1 aromatic rings. The number of carbonyl (C=O) groups excluding carboxylic acids is 1. The number of hydrogen-bond acceptors (Lipinski definition) is 4. The van der Waals surface area contributed by atoms with Crippen LogP contribution in [0.15, 0.2) is 16.8 Å². The second kappa shape index (κ2) is 7.43. The Bertz CT molecular complexity index is 586. The number of hydrogen-bond donors (Lipinski definition) is 1. The third-order valence-corrected chi connectivity index (χ3v) is 5.74. The minimum Gasteiger partial charge on any atom is -0.335 e. The van der Waals surface area contributed by atoms with Gasteiger partial charge in [0.1, 0.15) is 0 Å². The number of carbonyl (C=O) groups is 1. The lowest BCUT2D eigenvalue weighted by atomic mass is 10.1. The van der Waals surface area contributed by atoms with Gasteiger partial charge in [-0.25, -0.2) is 17.5 Å². The van der Waals surface area contributed by atoms with Gasteiger partial charge in [0.2, 0.25) is 10.0 Å². The molecular weight excluding hydrogens is 322 g/mol. The van der Waals surface area contributed by atoms with E-state index >= 15 is 0 Å². The monoisotopic (exact) mass is 345 g/mol. The smallest absolute Gasteiger partial charge is 0.317 e. The van der Waals surface area contributed by atoms with E-state index in [4.69, 9.17) is 0 Å². The zero-order chi connectivity index (χ0) is 16.2. The molecule has 2 rings (SSSR count). The summed E-state index contributed by atoms with van der Waals surface area (Å²) in [6, 6.07) is 2.00. The highest BCUT2D eigenvalue weighted by molar-refractivity contribution is 7.88. The predicted octanol–water partition coefficient (Wildman–Crippen LogP) is 1.36. The molecule has 124 valence electrons. The first-order valence-corrected chi connectivity index (χ1v) is 10.2. The van der Waals surface area contributed by atoms with Crippen LogP contribution in [0.4, 0.5) is 4.79 Å². The summed E-state index contributed by atoms with van der Waals surface area (Å²) >= 11 is 1.65. The lowest BCUT2D eigenvalue weighted by Crippen LogP contribution is -2.46. The first kappa shape index (κ1) is 17.2. The number of nitrogens with one attached hydrogen (secondary N) is 1. The van der Waals surface area contributed by atoms with Crippen LogP contribution in [0.5, 0.6) is 0 Å². The van der Waals surface area contributed by atoms with Crippen molar-refractivity contribution in [3.05, 3.63) is 22.4 Å². The van der Waals surface area contributed by atoms with E-state index in [1.54, 1.807) is 16.2 Å². The van der Waals surface area contributed by atoms with E-state index in [9.17, 15) is 13.2 Å². The minimum absolute atomic E-state index is 0.0522. The molecule has 0 aliphatic carbocycles. The molecular formula is C14H23N3O3S2. The van der Waals surface area contributed by atoms with Crippen LogP contribution in [0.1, 0.15) is 18.9 Å². The largest absolute Gasteiger partial charge is 0.335 e. The fourth-order valence-electron chi connectivity index (χ4n) is 2.54.